The first-order chi connectivity index (χ1) is 9.11. The van der Waals surface area contributed by atoms with E-state index in [4.69, 9.17) is 9.84 Å². The van der Waals surface area contributed by atoms with Gasteiger partial charge in [-0.15, -0.1) is 0 Å². The Balaban J connectivity index is 2.52. The van der Waals surface area contributed by atoms with Crippen molar-refractivity contribution in [3.8, 4) is 0 Å². The lowest BCUT2D eigenvalue weighted by Crippen LogP contribution is -2.27. The molecule has 19 heavy (non-hydrogen) atoms. The molecule has 0 atom stereocenters. The highest BCUT2D eigenvalue weighted by Gasteiger charge is 2.01. The van der Waals surface area contributed by atoms with Crippen LogP contribution in [0, 0.1) is 0 Å². The van der Waals surface area contributed by atoms with Gasteiger partial charge in [0.15, 0.2) is 0 Å². The molecule has 1 aromatic rings. The van der Waals surface area contributed by atoms with E-state index in [1.807, 2.05) is 25.1 Å². The van der Waals surface area contributed by atoms with Crippen LogP contribution in [0.2, 0.25) is 0 Å². The van der Waals surface area contributed by atoms with Gasteiger partial charge in [0.2, 0.25) is 5.91 Å². The van der Waals surface area contributed by atoms with Crippen molar-refractivity contribution >= 4 is 18.0 Å². The summed E-state index contributed by atoms with van der Waals surface area (Å²) in [6, 6.07) is 7.29. The Kier molecular flexibility index (Phi) is 6.32. The summed E-state index contributed by atoms with van der Waals surface area (Å²) in [5.74, 6) is -1.16. The highest BCUT2D eigenvalue weighted by atomic mass is 16.5. The third-order valence-electron chi connectivity index (χ3n) is 2.30. The molecule has 0 spiro atoms. The van der Waals surface area contributed by atoms with E-state index in [1.54, 1.807) is 6.07 Å². The Morgan fingerprint density at radius 3 is 2.89 bits per heavy atom. The number of carbonyl (C=O) groups is 2. The van der Waals surface area contributed by atoms with E-state index in [0.29, 0.717) is 13.2 Å². The SMILES string of the molecule is CCOCC(=O)NCc1cccc(/C=C/C(=O)O)c1. The van der Waals surface area contributed by atoms with Gasteiger partial charge < -0.3 is 15.2 Å². The van der Waals surface area contributed by atoms with Crippen molar-refractivity contribution in [1.82, 2.24) is 5.32 Å². The summed E-state index contributed by atoms with van der Waals surface area (Å²) >= 11 is 0. The fourth-order valence-electron chi connectivity index (χ4n) is 1.42. The van der Waals surface area contributed by atoms with Crippen LogP contribution in [0.1, 0.15) is 18.1 Å². The van der Waals surface area contributed by atoms with Gasteiger partial charge in [-0.3, -0.25) is 4.79 Å². The molecule has 0 unspecified atom stereocenters. The molecule has 1 aromatic carbocycles. The second-order valence-electron chi connectivity index (χ2n) is 3.83. The van der Waals surface area contributed by atoms with E-state index in [9.17, 15) is 9.59 Å². The summed E-state index contributed by atoms with van der Waals surface area (Å²) in [5.41, 5.74) is 1.68. The summed E-state index contributed by atoms with van der Waals surface area (Å²) in [6.45, 7) is 2.77. The summed E-state index contributed by atoms with van der Waals surface area (Å²) in [4.78, 5) is 21.8. The summed E-state index contributed by atoms with van der Waals surface area (Å²) in [5, 5.41) is 11.3. The molecule has 0 saturated heterocycles. The van der Waals surface area contributed by atoms with Gasteiger partial charge in [0, 0.05) is 19.2 Å². The summed E-state index contributed by atoms with van der Waals surface area (Å²) < 4.78 is 4.98. The van der Waals surface area contributed by atoms with Crippen molar-refractivity contribution in [2.75, 3.05) is 13.2 Å². The van der Waals surface area contributed by atoms with Crippen LogP contribution in [0.5, 0.6) is 0 Å². The minimum atomic E-state index is -0.990. The highest BCUT2D eigenvalue weighted by molar-refractivity contribution is 5.85. The van der Waals surface area contributed by atoms with Crippen LogP contribution in [0.4, 0.5) is 0 Å². The third-order valence-corrected chi connectivity index (χ3v) is 2.30. The number of nitrogens with one attached hydrogen (secondary N) is 1. The molecule has 102 valence electrons. The zero-order valence-corrected chi connectivity index (χ0v) is 10.8. The molecule has 0 bridgehead atoms. The van der Waals surface area contributed by atoms with Crippen molar-refractivity contribution in [2.45, 2.75) is 13.5 Å². The third kappa shape index (κ3) is 6.38. The number of benzene rings is 1. The van der Waals surface area contributed by atoms with Gasteiger partial charge in [0.25, 0.3) is 0 Å². The topological polar surface area (TPSA) is 75.6 Å². The molecule has 1 amide bonds. The predicted molar refractivity (Wildman–Crippen MR) is 71.5 cm³/mol. The second kappa shape index (κ2) is 8.05. The quantitative estimate of drug-likeness (QED) is 0.730. The van der Waals surface area contributed by atoms with Gasteiger partial charge in [-0.1, -0.05) is 18.2 Å². The number of carboxylic acids is 1. The van der Waals surface area contributed by atoms with Gasteiger partial charge in [0.1, 0.15) is 6.61 Å². The Morgan fingerprint density at radius 1 is 1.42 bits per heavy atom. The lowest BCUT2D eigenvalue weighted by molar-refractivity contribution is -0.131. The summed E-state index contributed by atoms with van der Waals surface area (Å²) in [6.07, 6.45) is 2.58. The van der Waals surface area contributed by atoms with E-state index >= 15 is 0 Å². The maximum atomic E-state index is 11.3. The van der Waals surface area contributed by atoms with Crippen LogP contribution in [0.15, 0.2) is 30.3 Å². The van der Waals surface area contributed by atoms with E-state index in [2.05, 4.69) is 5.32 Å². The molecule has 0 aromatic heterocycles. The first-order valence-corrected chi connectivity index (χ1v) is 5.96. The molecular formula is C14H17NO4. The minimum absolute atomic E-state index is 0.0507. The van der Waals surface area contributed by atoms with Crippen LogP contribution in [0.3, 0.4) is 0 Å². The lowest BCUT2D eigenvalue weighted by atomic mass is 10.1. The summed E-state index contributed by atoms with van der Waals surface area (Å²) in [7, 11) is 0. The van der Waals surface area contributed by atoms with Crippen LogP contribution in [0.25, 0.3) is 6.08 Å². The van der Waals surface area contributed by atoms with Crippen molar-refractivity contribution in [1.29, 1.82) is 0 Å². The Bertz CT molecular complexity index is 468. The van der Waals surface area contributed by atoms with Crippen LogP contribution >= 0.6 is 0 Å². The first kappa shape index (κ1) is 14.9. The van der Waals surface area contributed by atoms with Gasteiger partial charge in [0.05, 0.1) is 0 Å². The number of hydrogen-bond acceptors (Lipinski definition) is 3. The smallest absolute Gasteiger partial charge is 0.328 e. The maximum absolute atomic E-state index is 11.3. The monoisotopic (exact) mass is 263 g/mol. The molecular weight excluding hydrogens is 246 g/mol. The van der Waals surface area contributed by atoms with Gasteiger partial charge in [-0.2, -0.15) is 0 Å². The van der Waals surface area contributed by atoms with Crippen molar-refractivity contribution < 1.29 is 19.4 Å². The molecule has 5 nitrogen and oxygen atoms in total. The number of carboxylic acid groups (broad SMARTS) is 1. The van der Waals surface area contributed by atoms with Crippen LogP contribution in [-0.2, 0) is 20.9 Å². The fraction of sp³-hybridized carbons (Fsp3) is 0.286. The van der Waals surface area contributed by atoms with Gasteiger partial charge >= 0.3 is 5.97 Å². The minimum Gasteiger partial charge on any atom is -0.478 e. The molecule has 0 heterocycles. The molecule has 0 aliphatic carbocycles. The first-order valence-electron chi connectivity index (χ1n) is 5.96. The van der Waals surface area contributed by atoms with Crippen molar-refractivity contribution in [2.24, 2.45) is 0 Å². The number of carbonyl (C=O) groups excluding carboxylic acids is 1. The lowest BCUT2D eigenvalue weighted by Gasteiger charge is -2.06. The molecule has 0 aliphatic heterocycles. The molecule has 0 radical (unpaired) electrons. The number of hydrogen-bond donors (Lipinski definition) is 2. The Morgan fingerprint density at radius 2 is 2.21 bits per heavy atom. The number of amides is 1. The Hall–Kier alpha value is -2.14. The predicted octanol–water partition coefficient (Wildman–Crippen LogP) is 1.44. The number of aliphatic carboxylic acids is 1. The molecule has 0 aliphatic rings. The highest BCUT2D eigenvalue weighted by Crippen LogP contribution is 2.07. The van der Waals surface area contributed by atoms with Crippen LogP contribution in [-0.4, -0.2) is 30.2 Å². The second-order valence-corrected chi connectivity index (χ2v) is 3.83. The van der Waals surface area contributed by atoms with Crippen LogP contribution < -0.4 is 5.32 Å². The van der Waals surface area contributed by atoms with E-state index in [1.165, 1.54) is 6.08 Å². The standard InChI is InChI=1S/C14H17NO4/c1-2-19-10-13(16)15-9-12-5-3-4-11(8-12)6-7-14(17)18/h3-8H,2,9-10H2,1H3,(H,15,16)(H,17,18)/b7-6+. The number of ether oxygens (including phenoxy) is 1. The molecule has 0 saturated carbocycles. The van der Waals surface area contributed by atoms with Crippen molar-refractivity contribution in [3.05, 3.63) is 41.5 Å². The zero-order chi connectivity index (χ0) is 14.1. The van der Waals surface area contributed by atoms with E-state index in [-0.39, 0.29) is 12.5 Å². The average molecular weight is 263 g/mol. The van der Waals surface area contributed by atoms with E-state index < -0.39 is 5.97 Å². The zero-order valence-electron chi connectivity index (χ0n) is 10.8. The molecule has 2 N–H and O–H groups in total. The maximum Gasteiger partial charge on any atom is 0.328 e. The van der Waals surface area contributed by atoms with E-state index in [0.717, 1.165) is 17.2 Å². The molecule has 5 heteroatoms. The fourth-order valence-corrected chi connectivity index (χ4v) is 1.42. The van der Waals surface area contributed by atoms with Gasteiger partial charge in [-0.25, -0.2) is 4.79 Å². The normalized spacial score (nSPS) is 10.6. The number of rotatable bonds is 7. The van der Waals surface area contributed by atoms with Crippen molar-refractivity contribution in [3.63, 3.8) is 0 Å². The molecule has 1 rings (SSSR count). The van der Waals surface area contributed by atoms with Gasteiger partial charge in [-0.05, 0) is 30.2 Å². The largest absolute Gasteiger partial charge is 0.478 e. The molecule has 0 fully saturated rings. The Labute approximate surface area is 111 Å². The average Bonchev–Trinajstić information content (AvgIpc) is 2.41.